The lowest BCUT2D eigenvalue weighted by Gasteiger charge is -2.30. The van der Waals surface area contributed by atoms with E-state index < -0.39 is 16.8 Å². The molecular weight excluding hydrogens is 434 g/mol. The van der Waals surface area contributed by atoms with Crippen LogP contribution in [0.1, 0.15) is 29.6 Å². The van der Waals surface area contributed by atoms with Crippen LogP contribution in [0.25, 0.3) is 11.3 Å². The minimum atomic E-state index is -0.640. The second kappa shape index (κ2) is 8.81. The van der Waals surface area contributed by atoms with E-state index in [1.165, 1.54) is 0 Å². The number of pyridine rings is 1. The fourth-order valence-electron chi connectivity index (χ4n) is 4.22. The number of H-pyrrole nitrogens is 1. The van der Waals surface area contributed by atoms with E-state index in [0.717, 1.165) is 32.4 Å². The zero-order valence-electron chi connectivity index (χ0n) is 18.3. The van der Waals surface area contributed by atoms with Crippen LogP contribution in [0, 0.1) is 0 Å². The number of amides is 1. The first-order chi connectivity index (χ1) is 16.5. The van der Waals surface area contributed by atoms with Gasteiger partial charge >= 0.3 is 0 Å². The van der Waals surface area contributed by atoms with Gasteiger partial charge in [-0.25, -0.2) is 4.98 Å². The van der Waals surface area contributed by atoms with Crippen molar-refractivity contribution in [1.29, 1.82) is 0 Å². The van der Waals surface area contributed by atoms with Crippen molar-refractivity contribution in [2.45, 2.75) is 19.3 Å². The lowest BCUT2D eigenvalue weighted by Crippen LogP contribution is -2.44. The topological polar surface area (TPSA) is 146 Å². The van der Waals surface area contributed by atoms with Crippen LogP contribution >= 0.6 is 0 Å². The summed E-state index contributed by atoms with van der Waals surface area (Å²) in [5.74, 6) is 0.245. The average molecular weight is 457 g/mol. The number of anilines is 5. The fraction of sp³-hybridized carbons (Fsp3) is 0.208. The highest BCUT2D eigenvalue weighted by Crippen LogP contribution is 2.31. The molecule has 3 heterocycles. The first-order valence-corrected chi connectivity index (χ1v) is 11.0. The molecule has 2 aromatic carbocycles. The monoisotopic (exact) mass is 457 g/mol. The predicted molar refractivity (Wildman–Crippen MR) is 131 cm³/mol. The maximum atomic E-state index is 12.2. The molecule has 0 aliphatic carbocycles. The summed E-state index contributed by atoms with van der Waals surface area (Å²) in [5, 5.41) is 13.2. The minimum Gasteiger partial charge on any atom is -0.366 e. The van der Waals surface area contributed by atoms with E-state index in [0.29, 0.717) is 40.0 Å². The number of piperidine rings is 1. The lowest BCUT2D eigenvalue weighted by atomic mass is 10.1. The van der Waals surface area contributed by atoms with Crippen molar-refractivity contribution in [2.75, 3.05) is 28.6 Å². The highest BCUT2D eigenvalue weighted by atomic mass is 16.2. The predicted octanol–water partition coefficient (Wildman–Crippen LogP) is 2.64. The van der Waals surface area contributed by atoms with Crippen LogP contribution in [0.15, 0.2) is 58.3 Å². The number of rotatable bonds is 7. The summed E-state index contributed by atoms with van der Waals surface area (Å²) in [4.78, 5) is 42.7. The van der Waals surface area contributed by atoms with Gasteiger partial charge in [-0.2, -0.15) is 5.10 Å². The third kappa shape index (κ3) is 3.90. The fourth-order valence-corrected chi connectivity index (χ4v) is 4.22. The Balaban J connectivity index is 1.38. The Kier molecular flexibility index (Phi) is 5.54. The Hall–Kier alpha value is -4.47. The largest absolute Gasteiger partial charge is 0.366 e. The Morgan fingerprint density at radius 2 is 1.74 bits per heavy atom. The summed E-state index contributed by atoms with van der Waals surface area (Å²) in [5.41, 5.74) is 7.41. The number of nitrogens with zero attached hydrogens (tertiary/aromatic N) is 3. The van der Waals surface area contributed by atoms with Crippen LogP contribution in [0.5, 0.6) is 0 Å². The molecule has 2 aromatic heterocycles. The molecule has 1 saturated heterocycles. The second-order valence-corrected chi connectivity index (χ2v) is 8.16. The Labute approximate surface area is 194 Å². The van der Waals surface area contributed by atoms with Crippen molar-refractivity contribution < 1.29 is 4.79 Å². The van der Waals surface area contributed by atoms with E-state index in [9.17, 15) is 14.4 Å². The quantitative estimate of drug-likeness (QED) is 0.310. The number of aromatic amines is 1. The molecule has 0 radical (unpaired) electrons. The van der Waals surface area contributed by atoms with Gasteiger partial charge in [0.15, 0.2) is 0 Å². The van der Waals surface area contributed by atoms with E-state index in [2.05, 4.69) is 25.8 Å². The molecule has 0 bridgehead atoms. The number of aromatic nitrogens is 3. The summed E-state index contributed by atoms with van der Waals surface area (Å²) in [6, 6.07) is 12.4. The van der Waals surface area contributed by atoms with E-state index >= 15 is 0 Å². The molecule has 4 aromatic rings. The van der Waals surface area contributed by atoms with Gasteiger partial charge < -0.3 is 21.3 Å². The van der Waals surface area contributed by atoms with Gasteiger partial charge in [0, 0.05) is 30.5 Å². The molecule has 0 atom stereocenters. The van der Waals surface area contributed by atoms with E-state index in [1.807, 2.05) is 11.0 Å². The van der Waals surface area contributed by atoms with Gasteiger partial charge in [0.25, 0.3) is 16.8 Å². The highest BCUT2D eigenvalue weighted by Gasteiger charge is 2.27. The molecule has 0 unspecified atom stereocenters. The summed E-state index contributed by atoms with van der Waals surface area (Å²) in [6.07, 6.45) is 4.78. The smallest absolute Gasteiger partial charge is 0.254 e. The molecule has 0 saturated carbocycles. The van der Waals surface area contributed by atoms with E-state index in [-0.39, 0.29) is 5.56 Å². The lowest BCUT2D eigenvalue weighted by molar-refractivity contribution is 0.100. The van der Waals surface area contributed by atoms with Crippen molar-refractivity contribution in [2.24, 2.45) is 5.73 Å². The molecule has 34 heavy (non-hydrogen) atoms. The zero-order valence-corrected chi connectivity index (χ0v) is 18.3. The van der Waals surface area contributed by atoms with Gasteiger partial charge in [-0.1, -0.05) is 18.2 Å². The van der Waals surface area contributed by atoms with Gasteiger partial charge in [-0.3, -0.25) is 19.5 Å². The van der Waals surface area contributed by atoms with Crippen LogP contribution in [-0.2, 0) is 0 Å². The Bertz CT molecular complexity index is 1400. The van der Waals surface area contributed by atoms with Crippen molar-refractivity contribution >= 4 is 34.6 Å². The third-order valence-electron chi connectivity index (χ3n) is 5.92. The maximum Gasteiger partial charge on any atom is 0.254 e. The molecule has 10 nitrogen and oxygen atoms in total. The summed E-state index contributed by atoms with van der Waals surface area (Å²) < 4.78 is 0. The summed E-state index contributed by atoms with van der Waals surface area (Å²) >= 11 is 0. The average Bonchev–Trinajstić information content (AvgIpc) is 3.29. The molecule has 1 amide bonds. The number of carbonyl (C=O) groups is 1. The van der Waals surface area contributed by atoms with Crippen LogP contribution in [0.3, 0.4) is 0 Å². The molecule has 1 fully saturated rings. The normalized spacial score (nSPS) is 13.7. The number of nitrogens with one attached hydrogen (secondary N) is 3. The van der Waals surface area contributed by atoms with E-state index in [4.69, 9.17) is 5.73 Å². The van der Waals surface area contributed by atoms with Crippen LogP contribution in [-0.4, -0.2) is 34.2 Å². The third-order valence-corrected chi connectivity index (χ3v) is 5.92. The first kappa shape index (κ1) is 21.4. The number of hydrogen-bond acceptors (Lipinski definition) is 8. The van der Waals surface area contributed by atoms with Gasteiger partial charge in [0.05, 0.1) is 0 Å². The van der Waals surface area contributed by atoms with E-state index in [1.54, 1.807) is 42.6 Å². The van der Waals surface area contributed by atoms with Crippen LogP contribution < -0.4 is 32.1 Å². The van der Waals surface area contributed by atoms with Crippen molar-refractivity contribution in [3.63, 3.8) is 0 Å². The van der Waals surface area contributed by atoms with Crippen LogP contribution in [0.2, 0.25) is 0 Å². The van der Waals surface area contributed by atoms with Gasteiger partial charge in [0.1, 0.15) is 34.3 Å². The molecule has 5 N–H and O–H groups in total. The number of primary amides is 1. The van der Waals surface area contributed by atoms with Crippen molar-refractivity contribution in [3.8, 4) is 11.3 Å². The highest BCUT2D eigenvalue weighted by molar-refractivity contribution is 6.04. The number of benzene rings is 1. The molecule has 0 spiro atoms. The number of nitrogens with two attached hydrogens (primary N) is 1. The summed E-state index contributed by atoms with van der Waals surface area (Å²) in [7, 11) is 0. The molecule has 172 valence electrons. The SMILES string of the molecule is NC(=O)c1c(-c2ccc(Nc3c(N4CCCCC4)c(=O)c3=O)cc2)n[nH]c1Nc1ccccn1. The number of carbonyl (C=O) groups excluding carboxylic acids is 1. The second-order valence-electron chi connectivity index (χ2n) is 8.16. The Morgan fingerprint density at radius 1 is 0.971 bits per heavy atom. The van der Waals surface area contributed by atoms with Crippen molar-refractivity contribution in [3.05, 3.63) is 74.7 Å². The van der Waals surface area contributed by atoms with Gasteiger partial charge in [-0.15, -0.1) is 0 Å². The molecule has 1 aliphatic heterocycles. The number of hydrogen-bond donors (Lipinski definition) is 4. The zero-order chi connectivity index (χ0) is 23.7. The Morgan fingerprint density at radius 3 is 2.41 bits per heavy atom. The van der Waals surface area contributed by atoms with Crippen molar-refractivity contribution in [1.82, 2.24) is 15.2 Å². The maximum absolute atomic E-state index is 12.2. The molecule has 10 heteroatoms. The minimum absolute atomic E-state index is 0.209. The molecule has 5 rings (SSSR count). The molecular formula is C24H23N7O3. The van der Waals surface area contributed by atoms with Crippen LogP contribution in [0.4, 0.5) is 28.7 Å². The van der Waals surface area contributed by atoms with Gasteiger partial charge in [-0.05, 0) is 43.5 Å². The first-order valence-electron chi connectivity index (χ1n) is 11.0. The standard InChI is InChI=1S/C24H23N7O3/c25-23(34)17-18(29-30-24(17)28-16-6-2-3-11-26-16)14-7-9-15(10-8-14)27-19-20(22(33)21(19)32)31-12-4-1-5-13-31/h2-3,6-11,27H,1,4-5,12-13H2,(H2,25,34)(H2,26,28,29,30). The summed E-state index contributed by atoms with van der Waals surface area (Å²) in [6.45, 7) is 1.56. The van der Waals surface area contributed by atoms with Gasteiger partial charge in [0.2, 0.25) is 0 Å². The molecule has 1 aliphatic rings.